The molecular formula is C15H18N2O2. The van der Waals surface area contributed by atoms with Crippen molar-refractivity contribution in [2.24, 2.45) is 5.92 Å². The number of nitrogens with zero attached hydrogens (tertiary/aromatic N) is 1. The number of fused-ring (bicyclic) bond motifs is 1. The zero-order valence-electron chi connectivity index (χ0n) is 11.0. The smallest absolute Gasteiger partial charge is 0.253 e. The van der Waals surface area contributed by atoms with E-state index in [1.54, 1.807) is 6.92 Å². The molecule has 4 heteroatoms. The van der Waals surface area contributed by atoms with Gasteiger partial charge in [0.15, 0.2) is 0 Å². The summed E-state index contributed by atoms with van der Waals surface area (Å²) in [5.41, 5.74) is 1.76. The second kappa shape index (κ2) is 4.70. The lowest BCUT2D eigenvalue weighted by atomic mass is 10.0. The van der Waals surface area contributed by atoms with E-state index in [4.69, 9.17) is 0 Å². The third-order valence-electron chi connectivity index (χ3n) is 3.99. The number of likely N-dealkylation sites (tertiary alicyclic amines) is 1. The van der Waals surface area contributed by atoms with E-state index in [0.29, 0.717) is 6.54 Å². The number of aromatic nitrogens is 1. The SMILES string of the molecule is CC(O)C1CCN(C(=O)c2ccc3[nH]ccc3c2)C1. The van der Waals surface area contributed by atoms with Gasteiger partial charge in [-0.05, 0) is 37.6 Å². The van der Waals surface area contributed by atoms with Crippen molar-refractivity contribution < 1.29 is 9.90 Å². The average Bonchev–Trinajstić information content (AvgIpc) is 3.06. The molecule has 0 saturated carbocycles. The summed E-state index contributed by atoms with van der Waals surface area (Å²) < 4.78 is 0. The molecule has 4 nitrogen and oxygen atoms in total. The normalized spacial score (nSPS) is 20.9. The van der Waals surface area contributed by atoms with Gasteiger partial charge in [-0.25, -0.2) is 0 Å². The predicted molar refractivity (Wildman–Crippen MR) is 74.0 cm³/mol. The van der Waals surface area contributed by atoms with Gasteiger partial charge in [-0.2, -0.15) is 0 Å². The molecule has 0 radical (unpaired) electrons. The van der Waals surface area contributed by atoms with Gasteiger partial charge < -0.3 is 15.0 Å². The van der Waals surface area contributed by atoms with Gasteiger partial charge in [-0.15, -0.1) is 0 Å². The first-order valence-corrected chi connectivity index (χ1v) is 6.69. The number of carbonyl (C=O) groups excluding carboxylic acids is 1. The molecule has 0 aliphatic carbocycles. The van der Waals surface area contributed by atoms with Crippen molar-refractivity contribution in [3.8, 4) is 0 Å². The minimum Gasteiger partial charge on any atom is -0.393 e. The Labute approximate surface area is 112 Å². The number of rotatable bonds is 2. The van der Waals surface area contributed by atoms with Gasteiger partial charge in [0, 0.05) is 41.7 Å². The summed E-state index contributed by atoms with van der Waals surface area (Å²) in [6.07, 6.45) is 2.42. The number of aliphatic hydroxyl groups excluding tert-OH is 1. The van der Waals surface area contributed by atoms with Crippen LogP contribution in [0.5, 0.6) is 0 Å². The van der Waals surface area contributed by atoms with Crippen LogP contribution in [0.3, 0.4) is 0 Å². The van der Waals surface area contributed by atoms with Gasteiger partial charge in [-0.3, -0.25) is 4.79 Å². The predicted octanol–water partition coefficient (Wildman–Crippen LogP) is 2.01. The molecule has 1 aliphatic heterocycles. The fraction of sp³-hybridized carbons (Fsp3) is 0.400. The molecule has 0 spiro atoms. The molecule has 2 unspecified atom stereocenters. The summed E-state index contributed by atoms with van der Waals surface area (Å²) in [5.74, 6) is 0.270. The molecule has 1 fully saturated rings. The van der Waals surface area contributed by atoms with Gasteiger partial charge in [0.05, 0.1) is 6.10 Å². The summed E-state index contributed by atoms with van der Waals surface area (Å²) in [7, 11) is 0. The second-order valence-electron chi connectivity index (χ2n) is 5.32. The Bertz CT molecular complexity index is 603. The van der Waals surface area contributed by atoms with Crippen molar-refractivity contribution in [3.05, 3.63) is 36.0 Å². The van der Waals surface area contributed by atoms with Crippen LogP contribution in [0.25, 0.3) is 10.9 Å². The maximum atomic E-state index is 12.4. The topological polar surface area (TPSA) is 56.3 Å². The molecule has 100 valence electrons. The van der Waals surface area contributed by atoms with Crippen molar-refractivity contribution >= 4 is 16.8 Å². The van der Waals surface area contributed by atoms with E-state index in [2.05, 4.69) is 4.98 Å². The molecule has 2 aromatic rings. The third kappa shape index (κ3) is 2.24. The molecule has 0 bridgehead atoms. The molecular weight excluding hydrogens is 240 g/mol. The average molecular weight is 258 g/mol. The Morgan fingerprint density at radius 1 is 1.47 bits per heavy atom. The summed E-state index contributed by atoms with van der Waals surface area (Å²) >= 11 is 0. The van der Waals surface area contributed by atoms with Crippen LogP contribution < -0.4 is 0 Å². The van der Waals surface area contributed by atoms with Gasteiger partial charge in [0.1, 0.15) is 0 Å². The molecule has 2 N–H and O–H groups in total. The molecule has 1 aliphatic rings. The van der Waals surface area contributed by atoms with Crippen LogP contribution in [-0.2, 0) is 0 Å². The number of H-pyrrole nitrogens is 1. The number of aliphatic hydroxyl groups is 1. The number of carbonyl (C=O) groups is 1. The highest BCUT2D eigenvalue weighted by atomic mass is 16.3. The lowest BCUT2D eigenvalue weighted by molar-refractivity contribution is 0.0762. The summed E-state index contributed by atoms with van der Waals surface area (Å²) in [4.78, 5) is 17.4. The number of hydrogen-bond acceptors (Lipinski definition) is 2. The van der Waals surface area contributed by atoms with Crippen LogP contribution >= 0.6 is 0 Å². The van der Waals surface area contributed by atoms with Crippen molar-refractivity contribution in [1.82, 2.24) is 9.88 Å². The van der Waals surface area contributed by atoms with Crippen molar-refractivity contribution in [2.75, 3.05) is 13.1 Å². The van der Waals surface area contributed by atoms with E-state index in [0.717, 1.165) is 29.4 Å². The van der Waals surface area contributed by atoms with Crippen molar-refractivity contribution in [3.63, 3.8) is 0 Å². The van der Waals surface area contributed by atoms with Crippen LogP contribution in [-0.4, -0.2) is 40.1 Å². The molecule has 19 heavy (non-hydrogen) atoms. The monoisotopic (exact) mass is 258 g/mol. The van der Waals surface area contributed by atoms with Gasteiger partial charge >= 0.3 is 0 Å². The largest absolute Gasteiger partial charge is 0.393 e. The standard InChI is InChI=1S/C15H18N2O2/c1-10(18)13-5-7-17(9-13)15(19)12-2-3-14-11(8-12)4-6-16-14/h2-4,6,8,10,13,16,18H,5,7,9H2,1H3. The lowest BCUT2D eigenvalue weighted by Gasteiger charge is -2.17. The highest BCUT2D eigenvalue weighted by molar-refractivity contribution is 5.98. The Hall–Kier alpha value is -1.81. The first-order chi connectivity index (χ1) is 9.15. The minimum atomic E-state index is -0.343. The number of aromatic amines is 1. The number of amides is 1. The van der Waals surface area contributed by atoms with Crippen LogP contribution in [0.4, 0.5) is 0 Å². The highest BCUT2D eigenvalue weighted by Gasteiger charge is 2.29. The summed E-state index contributed by atoms with van der Waals surface area (Å²) in [5, 5.41) is 10.6. The fourth-order valence-electron chi connectivity index (χ4n) is 2.73. The molecule has 1 aromatic carbocycles. The maximum Gasteiger partial charge on any atom is 0.253 e. The number of benzene rings is 1. The third-order valence-corrected chi connectivity index (χ3v) is 3.99. The Morgan fingerprint density at radius 2 is 2.32 bits per heavy atom. The fourth-order valence-corrected chi connectivity index (χ4v) is 2.73. The molecule has 1 aromatic heterocycles. The minimum absolute atomic E-state index is 0.0613. The van der Waals surface area contributed by atoms with Crippen LogP contribution in [0.1, 0.15) is 23.7 Å². The van der Waals surface area contributed by atoms with E-state index in [-0.39, 0.29) is 17.9 Å². The molecule has 3 rings (SSSR count). The Balaban J connectivity index is 1.80. The summed E-state index contributed by atoms with van der Waals surface area (Å²) in [6.45, 7) is 3.19. The van der Waals surface area contributed by atoms with Crippen molar-refractivity contribution in [2.45, 2.75) is 19.4 Å². The van der Waals surface area contributed by atoms with E-state index in [1.807, 2.05) is 35.4 Å². The summed E-state index contributed by atoms with van der Waals surface area (Å²) in [6, 6.07) is 7.68. The zero-order valence-corrected chi connectivity index (χ0v) is 11.0. The first kappa shape index (κ1) is 12.2. The first-order valence-electron chi connectivity index (χ1n) is 6.69. The zero-order chi connectivity index (χ0) is 13.4. The molecule has 1 amide bonds. The molecule has 2 heterocycles. The Kier molecular flexibility index (Phi) is 3.03. The van der Waals surface area contributed by atoms with Crippen molar-refractivity contribution in [1.29, 1.82) is 0 Å². The van der Waals surface area contributed by atoms with Crippen LogP contribution in [0, 0.1) is 5.92 Å². The van der Waals surface area contributed by atoms with E-state index in [9.17, 15) is 9.90 Å². The van der Waals surface area contributed by atoms with Crippen LogP contribution in [0.15, 0.2) is 30.5 Å². The van der Waals surface area contributed by atoms with E-state index < -0.39 is 0 Å². The van der Waals surface area contributed by atoms with E-state index in [1.165, 1.54) is 0 Å². The second-order valence-corrected chi connectivity index (χ2v) is 5.32. The number of nitrogens with one attached hydrogen (secondary N) is 1. The van der Waals surface area contributed by atoms with Gasteiger partial charge in [-0.1, -0.05) is 0 Å². The highest BCUT2D eigenvalue weighted by Crippen LogP contribution is 2.22. The van der Waals surface area contributed by atoms with Gasteiger partial charge in [0.25, 0.3) is 5.91 Å². The van der Waals surface area contributed by atoms with Gasteiger partial charge in [0.2, 0.25) is 0 Å². The quantitative estimate of drug-likeness (QED) is 0.865. The Morgan fingerprint density at radius 3 is 3.05 bits per heavy atom. The van der Waals surface area contributed by atoms with E-state index >= 15 is 0 Å². The number of hydrogen-bond donors (Lipinski definition) is 2. The molecule has 2 atom stereocenters. The maximum absolute atomic E-state index is 12.4. The lowest BCUT2D eigenvalue weighted by Crippen LogP contribution is -2.30. The van der Waals surface area contributed by atoms with Crippen LogP contribution in [0.2, 0.25) is 0 Å². The molecule has 1 saturated heterocycles.